The van der Waals surface area contributed by atoms with E-state index < -0.39 is 0 Å². The lowest BCUT2D eigenvalue weighted by atomic mass is 10.3. The van der Waals surface area contributed by atoms with Crippen molar-refractivity contribution in [1.29, 1.82) is 0 Å². The third-order valence-electron chi connectivity index (χ3n) is 2.92. The highest BCUT2D eigenvalue weighted by molar-refractivity contribution is 5.61. The zero-order valence-electron chi connectivity index (χ0n) is 10.8. The number of nitrogens with zero attached hydrogens (tertiary/aromatic N) is 1. The summed E-state index contributed by atoms with van der Waals surface area (Å²) in [7, 11) is 1.59. The van der Waals surface area contributed by atoms with Gasteiger partial charge >= 0.3 is 0 Å². The SMILES string of the molecule is COc1ccc(N)c(NCCCOCC2CC2)n1. The molecule has 1 aliphatic carbocycles. The van der Waals surface area contributed by atoms with Crippen LogP contribution in [0.2, 0.25) is 0 Å². The Balaban J connectivity index is 1.65. The highest BCUT2D eigenvalue weighted by atomic mass is 16.5. The van der Waals surface area contributed by atoms with Crippen LogP contribution in [0.15, 0.2) is 12.1 Å². The first-order chi connectivity index (χ1) is 8.79. The summed E-state index contributed by atoms with van der Waals surface area (Å²) in [5, 5.41) is 3.20. The maximum Gasteiger partial charge on any atom is 0.215 e. The van der Waals surface area contributed by atoms with Gasteiger partial charge < -0.3 is 20.5 Å². The van der Waals surface area contributed by atoms with Crippen molar-refractivity contribution in [2.45, 2.75) is 19.3 Å². The molecule has 1 heterocycles. The fraction of sp³-hybridized carbons (Fsp3) is 0.615. The molecule has 0 aliphatic heterocycles. The van der Waals surface area contributed by atoms with Crippen molar-refractivity contribution in [3.63, 3.8) is 0 Å². The molecular formula is C13H21N3O2. The van der Waals surface area contributed by atoms with E-state index in [1.807, 2.05) is 0 Å². The van der Waals surface area contributed by atoms with Gasteiger partial charge in [-0.3, -0.25) is 0 Å². The molecule has 1 aromatic heterocycles. The van der Waals surface area contributed by atoms with E-state index in [2.05, 4.69) is 10.3 Å². The highest BCUT2D eigenvalue weighted by Gasteiger charge is 2.20. The minimum atomic E-state index is 0.566. The van der Waals surface area contributed by atoms with Crippen LogP contribution < -0.4 is 15.8 Å². The number of pyridine rings is 1. The van der Waals surface area contributed by atoms with Crippen molar-refractivity contribution in [3.8, 4) is 5.88 Å². The van der Waals surface area contributed by atoms with E-state index in [-0.39, 0.29) is 0 Å². The molecule has 18 heavy (non-hydrogen) atoms. The number of aromatic nitrogens is 1. The molecule has 0 radical (unpaired) electrons. The monoisotopic (exact) mass is 251 g/mol. The maximum absolute atomic E-state index is 5.82. The lowest BCUT2D eigenvalue weighted by molar-refractivity contribution is 0.124. The fourth-order valence-corrected chi connectivity index (χ4v) is 1.62. The second kappa shape index (κ2) is 6.44. The molecule has 0 aromatic carbocycles. The van der Waals surface area contributed by atoms with Gasteiger partial charge in [0, 0.05) is 25.8 Å². The first kappa shape index (κ1) is 13.0. The van der Waals surface area contributed by atoms with E-state index >= 15 is 0 Å². The van der Waals surface area contributed by atoms with Crippen LogP contribution in [0.5, 0.6) is 5.88 Å². The molecule has 0 unspecified atom stereocenters. The summed E-state index contributed by atoms with van der Waals surface area (Å²) in [6.07, 6.45) is 3.62. The summed E-state index contributed by atoms with van der Waals surface area (Å²) in [5.74, 6) is 2.07. The van der Waals surface area contributed by atoms with Gasteiger partial charge in [-0.15, -0.1) is 0 Å². The van der Waals surface area contributed by atoms with E-state index in [4.69, 9.17) is 15.2 Å². The molecule has 3 N–H and O–H groups in total. The number of ether oxygens (including phenoxy) is 2. The van der Waals surface area contributed by atoms with Gasteiger partial charge in [0.05, 0.1) is 12.8 Å². The molecule has 0 spiro atoms. The Morgan fingerprint density at radius 3 is 3.00 bits per heavy atom. The van der Waals surface area contributed by atoms with Gasteiger partial charge in [0.1, 0.15) is 0 Å². The summed E-state index contributed by atoms with van der Waals surface area (Å²) in [6.45, 7) is 2.50. The molecule has 5 nitrogen and oxygen atoms in total. The zero-order valence-corrected chi connectivity index (χ0v) is 10.8. The predicted octanol–water partition coefficient (Wildman–Crippen LogP) is 1.90. The third kappa shape index (κ3) is 4.07. The molecule has 100 valence electrons. The Morgan fingerprint density at radius 2 is 2.28 bits per heavy atom. The van der Waals surface area contributed by atoms with E-state index in [0.29, 0.717) is 17.4 Å². The van der Waals surface area contributed by atoms with Gasteiger partial charge in [-0.25, -0.2) is 0 Å². The smallest absolute Gasteiger partial charge is 0.215 e. The van der Waals surface area contributed by atoms with Crippen molar-refractivity contribution < 1.29 is 9.47 Å². The largest absolute Gasteiger partial charge is 0.481 e. The Labute approximate surface area is 108 Å². The predicted molar refractivity (Wildman–Crippen MR) is 71.9 cm³/mol. The number of nitrogens with two attached hydrogens (primary N) is 1. The third-order valence-corrected chi connectivity index (χ3v) is 2.92. The molecule has 0 atom stereocenters. The van der Waals surface area contributed by atoms with Gasteiger partial charge in [0.25, 0.3) is 0 Å². The maximum atomic E-state index is 5.82. The minimum absolute atomic E-state index is 0.566. The fourth-order valence-electron chi connectivity index (χ4n) is 1.62. The van der Waals surface area contributed by atoms with Gasteiger partial charge in [0.2, 0.25) is 5.88 Å². The molecule has 1 aromatic rings. The summed E-state index contributed by atoms with van der Waals surface area (Å²) in [6, 6.07) is 3.54. The topological polar surface area (TPSA) is 69.4 Å². The average molecular weight is 251 g/mol. The quantitative estimate of drug-likeness (QED) is 0.691. The second-order valence-corrected chi connectivity index (χ2v) is 4.59. The molecule has 0 bridgehead atoms. The number of rotatable bonds is 8. The van der Waals surface area contributed by atoms with Crippen LogP contribution in [0.3, 0.4) is 0 Å². The molecule has 0 saturated heterocycles. The number of hydrogen-bond acceptors (Lipinski definition) is 5. The summed E-state index contributed by atoms with van der Waals surface area (Å²) >= 11 is 0. The normalized spacial score (nSPS) is 14.5. The molecular weight excluding hydrogens is 230 g/mol. The van der Waals surface area contributed by atoms with Crippen LogP contribution in [-0.4, -0.2) is 31.9 Å². The average Bonchev–Trinajstić information content (AvgIpc) is 3.19. The number of nitrogens with one attached hydrogen (secondary N) is 1. The van der Waals surface area contributed by atoms with Crippen LogP contribution in [-0.2, 0) is 4.74 Å². The van der Waals surface area contributed by atoms with Gasteiger partial charge in [0.15, 0.2) is 5.82 Å². The van der Waals surface area contributed by atoms with Crippen LogP contribution in [0.1, 0.15) is 19.3 Å². The van der Waals surface area contributed by atoms with Crippen LogP contribution in [0, 0.1) is 5.92 Å². The van der Waals surface area contributed by atoms with Crippen molar-refractivity contribution in [1.82, 2.24) is 4.98 Å². The van der Waals surface area contributed by atoms with Gasteiger partial charge in [-0.05, 0) is 31.2 Å². The Morgan fingerprint density at radius 1 is 1.44 bits per heavy atom. The van der Waals surface area contributed by atoms with Crippen LogP contribution in [0.25, 0.3) is 0 Å². The van der Waals surface area contributed by atoms with Gasteiger partial charge in [-0.1, -0.05) is 0 Å². The van der Waals surface area contributed by atoms with Crippen molar-refractivity contribution in [3.05, 3.63) is 12.1 Å². The van der Waals surface area contributed by atoms with Crippen LogP contribution in [0.4, 0.5) is 11.5 Å². The number of methoxy groups -OCH3 is 1. The van der Waals surface area contributed by atoms with Crippen molar-refractivity contribution >= 4 is 11.5 Å². The van der Waals surface area contributed by atoms with Crippen molar-refractivity contribution in [2.75, 3.05) is 37.9 Å². The highest BCUT2D eigenvalue weighted by Crippen LogP contribution is 2.28. The number of nitrogen functional groups attached to an aromatic ring is 1. The molecule has 5 heteroatoms. The summed E-state index contributed by atoms with van der Waals surface area (Å²) in [4.78, 5) is 4.25. The summed E-state index contributed by atoms with van der Waals surface area (Å²) in [5.41, 5.74) is 6.46. The van der Waals surface area contributed by atoms with Gasteiger partial charge in [-0.2, -0.15) is 4.98 Å². The lowest BCUT2D eigenvalue weighted by Gasteiger charge is -2.09. The van der Waals surface area contributed by atoms with Crippen molar-refractivity contribution in [2.24, 2.45) is 5.92 Å². The molecule has 1 saturated carbocycles. The number of hydrogen-bond donors (Lipinski definition) is 2. The Bertz CT molecular complexity index is 380. The first-order valence-electron chi connectivity index (χ1n) is 6.41. The minimum Gasteiger partial charge on any atom is -0.481 e. The standard InChI is InChI=1S/C13H21N3O2/c1-17-12-6-5-11(14)13(16-12)15-7-2-8-18-9-10-3-4-10/h5-6,10H,2-4,7-9,14H2,1H3,(H,15,16). The van der Waals surface area contributed by atoms with E-state index in [1.54, 1.807) is 19.2 Å². The Hall–Kier alpha value is -1.49. The van der Waals surface area contributed by atoms with Crippen LogP contribution >= 0.6 is 0 Å². The van der Waals surface area contributed by atoms with E-state index in [0.717, 1.165) is 32.1 Å². The molecule has 1 fully saturated rings. The Kier molecular flexibility index (Phi) is 4.64. The van der Waals surface area contributed by atoms with E-state index in [9.17, 15) is 0 Å². The summed E-state index contributed by atoms with van der Waals surface area (Å²) < 4.78 is 10.6. The number of anilines is 2. The molecule has 0 amide bonds. The van der Waals surface area contributed by atoms with E-state index in [1.165, 1.54) is 12.8 Å². The zero-order chi connectivity index (χ0) is 12.8. The molecule has 1 aliphatic rings. The first-order valence-corrected chi connectivity index (χ1v) is 6.41. The molecule has 2 rings (SSSR count). The second-order valence-electron chi connectivity index (χ2n) is 4.59. The lowest BCUT2D eigenvalue weighted by Crippen LogP contribution is -2.09.